The molecule has 0 aromatic heterocycles. The third-order valence-corrected chi connectivity index (χ3v) is 4.17. The average Bonchev–Trinajstić information content (AvgIpc) is 2.51. The molecule has 0 aliphatic carbocycles. The largest absolute Gasteiger partial charge is 0.508 e. The van der Waals surface area contributed by atoms with Gasteiger partial charge in [-0.15, -0.1) is 0 Å². The van der Waals surface area contributed by atoms with Crippen molar-refractivity contribution < 1.29 is 15.0 Å². The van der Waals surface area contributed by atoms with Crippen molar-refractivity contribution in [2.75, 3.05) is 11.4 Å². The third kappa shape index (κ3) is 2.52. The lowest BCUT2D eigenvalue weighted by molar-refractivity contribution is -0.138. The number of nitrogens with zero attached hydrogens (tertiary/aromatic N) is 1. The van der Waals surface area contributed by atoms with Crippen LogP contribution in [-0.4, -0.2) is 22.7 Å². The van der Waals surface area contributed by atoms with Gasteiger partial charge < -0.3 is 15.1 Å². The number of fused-ring (bicyclic) bond motifs is 1. The lowest BCUT2D eigenvalue weighted by Crippen LogP contribution is -2.37. The molecule has 114 valence electrons. The highest BCUT2D eigenvalue weighted by atomic mass is 16.4. The minimum Gasteiger partial charge on any atom is -0.508 e. The Morgan fingerprint density at radius 2 is 2.00 bits per heavy atom. The van der Waals surface area contributed by atoms with Gasteiger partial charge in [0.15, 0.2) is 6.04 Å². The number of anilines is 1. The molecule has 4 nitrogen and oxygen atoms in total. The number of aryl methyl sites for hydroxylation is 2. The zero-order valence-electron chi connectivity index (χ0n) is 12.5. The van der Waals surface area contributed by atoms with Crippen LogP contribution in [-0.2, 0) is 11.2 Å². The fourth-order valence-corrected chi connectivity index (χ4v) is 3.16. The molecular formula is C18H19NO3. The minimum absolute atomic E-state index is 0.0288. The lowest BCUT2D eigenvalue weighted by Gasteiger charge is -2.36. The van der Waals surface area contributed by atoms with Crippen molar-refractivity contribution in [3.8, 4) is 5.75 Å². The summed E-state index contributed by atoms with van der Waals surface area (Å²) in [4.78, 5) is 13.8. The zero-order valence-corrected chi connectivity index (χ0v) is 12.5. The van der Waals surface area contributed by atoms with E-state index in [-0.39, 0.29) is 5.75 Å². The molecule has 0 amide bonds. The highest BCUT2D eigenvalue weighted by Crippen LogP contribution is 2.37. The van der Waals surface area contributed by atoms with E-state index in [0.29, 0.717) is 12.1 Å². The number of hydrogen-bond donors (Lipinski definition) is 2. The van der Waals surface area contributed by atoms with Crippen LogP contribution in [0.5, 0.6) is 5.75 Å². The van der Waals surface area contributed by atoms with Gasteiger partial charge in [0, 0.05) is 17.8 Å². The SMILES string of the molecule is Cc1ccc(O)c(C(C(=O)O)N2CCCc3ccccc32)c1. The standard InChI is InChI=1S/C18H19NO3/c1-12-8-9-16(20)14(11-12)17(18(21)22)19-10-4-6-13-5-2-3-7-15(13)19/h2-3,5,7-9,11,17,20H,4,6,10H2,1H3,(H,21,22). The number of carboxylic acid groups (broad SMARTS) is 1. The Kier molecular flexibility index (Phi) is 3.75. The predicted octanol–water partition coefficient (Wildman–Crippen LogP) is 3.28. The second kappa shape index (κ2) is 5.72. The van der Waals surface area contributed by atoms with Crippen molar-refractivity contribution in [3.63, 3.8) is 0 Å². The number of phenols is 1. The first-order valence-electron chi connectivity index (χ1n) is 7.45. The molecule has 1 heterocycles. The van der Waals surface area contributed by atoms with E-state index < -0.39 is 12.0 Å². The van der Waals surface area contributed by atoms with Crippen molar-refractivity contribution in [1.29, 1.82) is 0 Å². The van der Waals surface area contributed by atoms with E-state index in [9.17, 15) is 15.0 Å². The number of para-hydroxylation sites is 1. The quantitative estimate of drug-likeness (QED) is 0.912. The van der Waals surface area contributed by atoms with Gasteiger partial charge in [-0.3, -0.25) is 0 Å². The van der Waals surface area contributed by atoms with Crippen molar-refractivity contribution in [2.24, 2.45) is 0 Å². The molecule has 2 N–H and O–H groups in total. The third-order valence-electron chi connectivity index (χ3n) is 4.17. The van der Waals surface area contributed by atoms with Gasteiger partial charge in [0.1, 0.15) is 5.75 Å². The Labute approximate surface area is 129 Å². The van der Waals surface area contributed by atoms with E-state index in [1.54, 1.807) is 18.2 Å². The van der Waals surface area contributed by atoms with Crippen LogP contribution in [0, 0.1) is 6.92 Å². The fraction of sp³-hybridized carbons (Fsp3) is 0.278. The molecule has 0 bridgehead atoms. The van der Waals surface area contributed by atoms with Gasteiger partial charge in [0.05, 0.1) is 0 Å². The summed E-state index contributed by atoms with van der Waals surface area (Å²) in [7, 11) is 0. The Morgan fingerprint density at radius 3 is 2.77 bits per heavy atom. The van der Waals surface area contributed by atoms with Gasteiger partial charge in [-0.05, 0) is 43.5 Å². The van der Waals surface area contributed by atoms with Crippen LogP contribution in [0.15, 0.2) is 42.5 Å². The number of carbonyl (C=O) groups is 1. The summed E-state index contributed by atoms with van der Waals surface area (Å²) in [6.07, 6.45) is 1.87. The van der Waals surface area contributed by atoms with Crippen LogP contribution in [0.4, 0.5) is 5.69 Å². The van der Waals surface area contributed by atoms with Crippen LogP contribution in [0.25, 0.3) is 0 Å². The van der Waals surface area contributed by atoms with Gasteiger partial charge in [0.2, 0.25) is 0 Å². The molecular weight excluding hydrogens is 278 g/mol. The topological polar surface area (TPSA) is 60.8 Å². The first-order valence-corrected chi connectivity index (χ1v) is 7.45. The highest BCUT2D eigenvalue weighted by Gasteiger charge is 2.32. The molecule has 1 aliphatic heterocycles. The average molecular weight is 297 g/mol. The molecule has 1 atom stereocenters. The summed E-state index contributed by atoms with van der Waals surface area (Å²) in [5.74, 6) is -0.918. The van der Waals surface area contributed by atoms with Crippen molar-refractivity contribution in [2.45, 2.75) is 25.8 Å². The van der Waals surface area contributed by atoms with Crippen LogP contribution in [0.2, 0.25) is 0 Å². The first kappa shape index (κ1) is 14.4. The number of phenolic OH excluding ortho intramolecular Hbond substituents is 1. The molecule has 2 aromatic carbocycles. The van der Waals surface area contributed by atoms with E-state index in [0.717, 1.165) is 29.7 Å². The summed E-state index contributed by atoms with van der Waals surface area (Å²) in [5, 5.41) is 19.9. The number of aromatic hydroxyl groups is 1. The molecule has 3 rings (SSSR count). The molecule has 4 heteroatoms. The molecule has 0 radical (unpaired) electrons. The molecule has 0 saturated carbocycles. The number of aliphatic carboxylic acids is 1. The first-order chi connectivity index (χ1) is 10.6. The summed E-state index contributed by atoms with van der Waals surface area (Å²) >= 11 is 0. The van der Waals surface area contributed by atoms with Crippen LogP contribution < -0.4 is 4.90 Å². The maximum atomic E-state index is 11.9. The molecule has 2 aromatic rings. The molecule has 0 saturated heterocycles. The summed E-state index contributed by atoms with van der Waals surface area (Å²) in [6.45, 7) is 2.56. The van der Waals surface area contributed by atoms with Crippen molar-refractivity contribution in [1.82, 2.24) is 0 Å². The Morgan fingerprint density at radius 1 is 1.23 bits per heavy atom. The smallest absolute Gasteiger partial charge is 0.331 e. The summed E-state index contributed by atoms with van der Waals surface area (Å²) in [5.41, 5.74) is 3.49. The highest BCUT2D eigenvalue weighted by molar-refractivity contribution is 5.82. The van der Waals surface area contributed by atoms with Crippen molar-refractivity contribution >= 4 is 11.7 Å². The Balaban J connectivity index is 2.10. The van der Waals surface area contributed by atoms with Crippen molar-refractivity contribution in [3.05, 3.63) is 59.2 Å². The van der Waals surface area contributed by atoms with E-state index >= 15 is 0 Å². The minimum atomic E-state index is -0.947. The molecule has 1 aliphatic rings. The van der Waals surface area contributed by atoms with E-state index in [4.69, 9.17) is 0 Å². The van der Waals surface area contributed by atoms with E-state index in [1.807, 2.05) is 36.1 Å². The monoisotopic (exact) mass is 297 g/mol. The van der Waals surface area contributed by atoms with Gasteiger partial charge in [0.25, 0.3) is 0 Å². The second-order valence-corrected chi connectivity index (χ2v) is 5.73. The van der Waals surface area contributed by atoms with Crippen LogP contribution >= 0.6 is 0 Å². The normalized spacial score (nSPS) is 15.2. The summed E-state index contributed by atoms with van der Waals surface area (Å²) in [6, 6.07) is 12.1. The molecule has 0 fully saturated rings. The molecule has 0 spiro atoms. The van der Waals surface area contributed by atoms with Gasteiger partial charge >= 0.3 is 5.97 Å². The van der Waals surface area contributed by atoms with Gasteiger partial charge in [-0.25, -0.2) is 4.79 Å². The predicted molar refractivity (Wildman–Crippen MR) is 85.3 cm³/mol. The van der Waals surface area contributed by atoms with Crippen LogP contribution in [0.3, 0.4) is 0 Å². The molecule has 22 heavy (non-hydrogen) atoms. The fourth-order valence-electron chi connectivity index (χ4n) is 3.16. The van der Waals surface area contributed by atoms with E-state index in [1.165, 1.54) is 0 Å². The second-order valence-electron chi connectivity index (χ2n) is 5.73. The number of rotatable bonds is 3. The van der Waals surface area contributed by atoms with Crippen LogP contribution in [0.1, 0.15) is 29.2 Å². The van der Waals surface area contributed by atoms with Gasteiger partial charge in [-0.2, -0.15) is 0 Å². The Hall–Kier alpha value is -2.49. The maximum absolute atomic E-state index is 11.9. The number of hydrogen-bond acceptors (Lipinski definition) is 3. The summed E-state index contributed by atoms with van der Waals surface area (Å²) < 4.78 is 0. The van der Waals surface area contributed by atoms with Gasteiger partial charge in [-0.1, -0.05) is 29.8 Å². The zero-order chi connectivity index (χ0) is 15.7. The molecule has 1 unspecified atom stereocenters. The van der Waals surface area contributed by atoms with E-state index in [2.05, 4.69) is 0 Å². The lowest BCUT2D eigenvalue weighted by atomic mass is 9.96. The number of benzene rings is 2. The Bertz CT molecular complexity index is 711. The maximum Gasteiger partial charge on any atom is 0.331 e. The number of carboxylic acids is 1.